The summed E-state index contributed by atoms with van der Waals surface area (Å²) in [6.45, 7) is 0. The van der Waals surface area contributed by atoms with Crippen LogP contribution in [0.5, 0.6) is 0 Å². The van der Waals surface area contributed by atoms with E-state index in [9.17, 15) is 15.0 Å². The van der Waals surface area contributed by atoms with Crippen LogP contribution >= 0.6 is 0 Å². The molecule has 0 aromatic heterocycles. The minimum Gasteiger partial charge on any atom is -0.862 e. The Kier molecular flexibility index (Phi) is 10.5. The molecule has 0 amide bonds. The maximum Gasteiger partial charge on any atom is 2.00 e. The van der Waals surface area contributed by atoms with Crippen LogP contribution in [0.15, 0.2) is 35.3 Å². The number of carbonyl (C=O) groups excluding carboxylic acids is 1. The number of aliphatic carboxylic acids is 1. The third-order valence-corrected chi connectivity index (χ3v) is 3.28. The van der Waals surface area contributed by atoms with Gasteiger partial charge in [0.1, 0.15) is 0 Å². The van der Waals surface area contributed by atoms with E-state index in [0.29, 0.717) is 5.92 Å². The van der Waals surface area contributed by atoms with Crippen molar-refractivity contribution in [3.63, 3.8) is 0 Å². The predicted octanol–water partition coefficient (Wildman–Crippen LogP) is 0.531. The van der Waals surface area contributed by atoms with Gasteiger partial charge in [-0.15, -0.1) is 0 Å². The number of aliphatic imine (C=N–C) groups is 1. The molecule has 2 fully saturated rings. The Balaban J connectivity index is 0.000000448. The number of carboxylic acid groups (broad SMARTS) is 1. The number of nitrogens with zero attached hydrogens (tertiary/aromatic N) is 1. The Bertz CT molecular complexity index is 515. The molecule has 2 aliphatic rings. The summed E-state index contributed by atoms with van der Waals surface area (Å²) in [5.41, 5.74) is 0.802. The first kappa shape index (κ1) is 21.7. The summed E-state index contributed by atoms with van der Waals surface area (Å²) in [7, 11) is 0. The van der Waals surface area contributed by atoms with Crippen molar-refractivity contribution >= 4 is 11.9 Å². The zero-order valence-electron chi connectivity index (χ0n) is 13.4. The molecular formula is C20H17FeNO3. The van der Waals surface area contributed by atoms with Crippen molar-refractivity contribution in [3.8, 4) is 0 Å². The van der Waals surface area contributed by atoms with E-state index < -0.39 is 17.9 Å². The number of hydrogen-bond donors (Lipinski definition) is 0. The van der Waals surface area contributed by atoms with E-state index >= 15 is 0 Å². The van der Waals surface area contributed by atoms with Gasteiger partial charge in [0.25, 0.3) is 0 Å². The molecule has 128 valence electrons. The molecule has 1 aromatic carbocycles. The van der Waals surface area contributed by atoms with Crippen LogP contribution in [-0.4, -0.2) is 17.9 Å². The van der Waals surface area contributed by atoms with Crippen molar-refractivity contribution in [2.45, 2.75) is 12.5 Å². The maximum atomic E-state index is 11.8. The van der Waals surface area contributed by atoms with Crippen molar-refractivity contribution < 1.29 is 32.1 Å². The molecule has 1 unspecified atom stereocenters. The molecule has 2 aliphatic carbocycles. The van der Waals surface area contributed by atoms with Gasteiger partial charge in [0.2, 0.25) is 0 Å². The average Bonchev–Trinajstić information content (AvgIpc) is 3.31. The molecule has 0 bridgehead atoms. The van der Waals surface area contributed by atoms with Gasteiger partial charge >= 0.3 is 17.1 Å². The van der Waals surface area contributed by atoms with Gasteiger partial charge in [-0.05, 0) is 69.2 Å². The molecule has 1 atom stereocenters. The van der Waals surface area contributed by atoms with Gasteiger partial charge in [0, 0.05) is 12.3 Å². The summed E-state index contributed by atoms with van der Waals surface area (Å²) >= 11 is 0. The molecule has 5 heteroatoms. The Labute approximate surface area is 161 Å². The smallest absolute Gasteiger partial charge is 0.862 e. The maximum absolute atomic E-state index is 11.8. The zero-order valence-corrected chi connectivity index (χ0v) is 14.5. The molecule has 4 nitrogen and oxygen atoms in total. The Hall–Kier alpha value is -1.32. The van der Waals surface area contributed by atoms with Gasteiger partial charge < -0.3 is 15.0 Å². The first-order chi connectivity index (χ1) is 11.7. The molecule has 0 aliphatic heterocycles. The summed E-state index contributed by atoms with van der Waals surface area (Å²) in [6.07, 6.45) is 16.7. The van der Waals surface area contributed by atoms with Crippen LogP contribution in [-0.2, 0) is 28.3 Å². The van der Waals surface area contributed by atoms with E-state index in [4.69, 9.17) is 0 Å². The Morgan fingerprint density at radius 2 is 1.40 bits per heavy atom. The third kappa shape index (κ3) is 8.06. The van der Waals surface area contributed by atoms with Crippen molar-refractivity contribution in [2.24, 2.45) is 4.99 Å². The third-order valence-electron chi connectivity index (χ3n) is 3.28. The monoisotopic (exact) mass is 375 g/mol. The van der Waals surface area contributed by atoms with Crippen molar-refractivity contribution in [1.29, 1.82) is 0 Å². The van der Waals surface area contributed by atoms with Crippen molar-refractivity contribution in [2.75, 3.05) is 0 Å². The number of carbonyl (C=O) groups is 1. The number of benzene rings is 1. The summed E-state index contributed by atoms with van der Waals surface area (Å²) in [5.74, 6) is -1.49. The quantitative estimate of drug-likeness (QED) is 0.428. The summed E-state index contributed by atoms with van der Waals surface area (Å²) in [6, 6.07) is 7.87. The van der Waals surface area contributed by atoms with Crippen LogP contribution in [0.1, 0.15) is 5.56 Å². The van der Waals surface area contributed by atoms with Crippen molar-refractivity contribution in [1.82, 2.24) is 0 Å². The van der Waals surface area contributed by atoms with Crippen LogP contribution in [0, 0.1) is 63.7 Å². The molecule has 10 radical (unpaired) electrons. The standard InChI is InChI=1S/C15H14NO3.C5H5.Fe/c17-14(12-8-4-5-9-12)16-13(15(18)19)10-11-6-2-1-3-7-11;1-2-4-5-3-1;/h1-9,13H,10H2,(H,16,17)(H,18,19);1-5H;/q;;+2/p-2. The minimum atomic E-state index is -1.34. The fourth-order valence-electron chi connectivity index (χ4n) is 2.07. The molecular weight excluding hydrogens is 358 g/mol. The van der Waals surface area contributed by atoms with Gasteiger partial charge in [0.15, 0.2) is 0 Å². The van der Waals surface area contributed by atoms with E-state index in [1.54, 1.807) is 49.9 Å². The molecule has 1 aromatic rings. The van der Waals surface area contributed by atoms with E-state index in [1.807, 2.05) is 38.2 Å². The molecule has 0 heterocycles. The summed E-state index contributed by atoms with van der Waals surface area (Å²) < 4.78 is 0. The molecule has 0 spiro atoms. The number of hydrogen-bond acceptors (Lipinski definition) is 4. The zero-order chi connectivity index (χ0) is 17.2. The van der Waals surface area contributed by atoms with E-state index in [1.165, 1.54) is 0 Å². The van der Waals surface area contributed by atoms with Gasteiger partial charge in [-0.2, -0.15) is 0 Å². The molecule has 2 saturated carbocycles. The van der Waals surface area contributed by atoms with Gasteiger partial charge in [-0.25, -0.2) is 0 Å². The summed E-state index contributed by atoms with van der Waals surface area (Å²) in [4.78, 5) is 14.8. The first-order valence-corrected chi connectivity index (χ1v) is 7.55. The number of rotatable bonds is 5. The van der Waals surface area contributed by atoms with Gasteiger partial charge in [0.05, 0.1) is 12.0 Å². The van der Waals surface area contributed by atoms with Crippen LogP contribution < -0.4 is 10.2 Å². The van der Waals surface area contributed by atoms with Gasteiger partial charge in [-0.3, -0.25) is 4.99 Å². The first-order valence-electron chi connectivity index (χ1n) is 7.55. The normalized spacial score (nSPS) is 18.8. The van der Waals surface area contributed by atoms with Crippen LogP contribution in [0.4, 0.5) is 0 Å². The summed E-state index contributed by atoms with van der Waals surface area (Å²) in [5, 5.41) is 22.8. The predicted molar refractivity (Wildman–Crippen MR) is 88.3 cm³/mol. The fraction of sp³-hybridized carbons (Fsp3) is 0.100. The van der Waals surface area contributed by atoms with Crippen LogP contribution in [0.25, 0.3) is 0 Å². The fourth-order valence-corrected chi connectivity index (χ4v) is 2.07. The van der Waals surface area contributed by atoms with Crippen LogP contribution in [0.2, 0.25) is 0 Å². The van der Waals surface area contributed by atoms with Crippen LogP contribution in [0.3, 0.4) is 0 Å². The number of carboxylic acids is 1. The Morgan fingerprint density at radius 3 is 1.88 bits per heavy atom. The SMILES string of the molecule is O=C([O-])C(Cc1ccccc1)N=C([O-])[C]1[CH][CH][CH][CH]1.[CH]1[CH][CH][CH][CH]1.[Fe+2]. The molecule has 25 heavy (non-hydrogen) atoms. The van der Waals surface area contributed by atoms with Crippen molar-refractivity contribution in [3.05, 3.63) is 99.6 Å². The second-order valence-electron chi connectivity index (χ2n) is 5.09. The minimum absolute atomic E-state index is 0. The Morgan fingerprint density at radius 1 is 0.880 bits per heavy atom. The second kappa shape index (κ2) is 12.1. The molecule has 3 rings (SSSR count). The van der Waals surface area contributed by atoms with E-state index in [-0.39, 0.29) is 23.5 Å². The van der Waals surface area contributed by atoms with Gasteiger partial charge in [-0.1, -0.05) is 30.3 Å². The topological polar surface area (TPSA) is 75.5 Å². The molecule has 0 saturated heterocycles. The van der Waals surface area contributed by atoms with E-state index in [0.717, 1.165) is 5.56 Å². The largest absolute Gasteiger partial charge is 2.00 e. The average molecular weight is 375 g/mol. The second-order valence-corrected chi connectivity index (χ2v) is 5.09. The van der Waals surface area contributed by atoms with E-state index in [2.05, 4.69) is 4.99 Å². The molecule has 0 N–H and O–H groups in total.